The Kier molecular flexibility index (Phi) is 24.8. The molecule has 0 spiro atoms. The molecule has 6 saturated heterocycles. The maximum Gasteiger partial charge on any atom is 0.478 e. The molecule has 42 heteroatoms. The van der Waals surface area contributed by atoms with Crippen LogP contribution < -0.4 is 68.8 Å². The Bertz CT molecular complexity index is 1410. The second-order valence-electron chi connectivity index (χ2n) is 20.7. The largest absolute Gasteiger partial charge is 0.478 e. The van der Waals surface area contributed by atoms with Gasteiger partial charge in [-0.1, -0.05) is 0 Å². The fraction of sp³-hybridized carbons (Fsp3) is 1.00. The van der Waals surface area contributed by atoms with Crippen LogP contribution >= 0.6 is 0 Å². The van der Waals surface area contributed by atoms with Gasteiger partial charge < -0.3 is 143 Å². The lowest BCUT2D eigenvalue weighted by atomic mass is 10.5. The Labute approximate surface area is 474 Å². The lowest BCUT2D eigenvalue weighted by Crippen LogP contribution is -2.88. The molecule has 6 rings (SSSR count). The Balaban J connectivity index is 1.77. The monoisotopic (exact) mass is 1320 g/mol. The van der Waals surface area contributed by atoms with Gasteiger partial charge in [0.15, 0.2) is 0 Å². The highest BCUT2D eigenvalue weighted by Crippen LogP contribution is 2.56. The van der Waals surface area contributed by atoms with E-state index in [0.717, 1.165) is 0 Å². The van der Waals surface area contributed by atoms with Crippen LogP contribution in [0, 0.1) is 0 Å². The summed E-state index contributed by atoms with van der Waals surface area (Å²) in [6.07, 6.45) is 3.89. The summed E-state index contributed by atoms with van der Waals surface area (Å²) in [7, 11) is -55.6. The standard InChI is InChI=1S/C36H96N12O18Si12/c37-13-1-25-67-49-68(26-2-14-38)57-71(29-5-17-41)50-69(55-67,27-3-15-39)59-73(31-7-19-43)52-75(61-71,33-9-21-45)65-78(36-12-24-48)54-77(63-73,35-11-23-47)64-74(32-8-20-44)53-76(66-78,34-10-22-46)62-72(58-68,30-6-18-42)51-70(56-67,60-74)28-4-16-40/h1-48H2. The van der Waals surface area contributed by atoms with Gasteiger partial charge in [0.1, 0.15) is 0 Å². The van der Waals surface area contributed by atoms with Crippen molar-refractivity contribution >= 4 is 106 Å². The first-order chi connectivity index (χ1) is 37.5. The number of hydrogen-bond donors (Lipinski definition) is 12. The van der Waals surface area contributed by atoms with Crippen LogP contribution in [0.2, 0.25) is 72.5 Å². The molecular formula is C36H96N12O18Si12. The molecule has 6 aliphatic rings. The van der Waals surface area contributed by atoms with Gasteiger partial charge in [-0.05, 0) is 156 Å². The van der Waals surface area contributed by atoms with Crippen LogP contribution in [0.4, 0.5) is 0 Å². The highest BCUT2D eigenvalue weighted by Gasteiger charge is 2.84. The molecule has 6 fully saturated rings. The molecule has 456 valence electrons. The molecule has 12 bridgehead atoms. The smallest absolute Gasteiger partial charge is 0.373 e. The lowest BCUT2D eigenvalue weighted by molar-refractivity contribution is -0.0284. The highest BCUT2D eigenvalue weighted by atomic mass is 28.6. The Hall–Kier alpha value is 1.40. The van der Waals surface area contributed by atoms with E-state index in [-0.39, 0.29) is 151 Å². The van der Waals surface area contributed by atoms with Crippen LogP contribution in [0.25, 0.3) is 0 Å². The van der Waals surface area contributed by atoms with Gasteiger partial charge in [-0.2, -0.15) is 0 Å². The summed E-state index contributed by atoms with van der Waals surface area (Å²) >= 11 is 0. The molecule has 0 amide bonds. The van der Waals surface area contributed by atoms with E-state index in [9.17, 15) is 0 Å². The third-order valence-electron chi connectivity index (χ3n) is 13.8. The normalized spacial score (nSPS) is 41.1. The molecule has 0 aliphatic carbocycles. The van der Waals surface area contributed by atoms with Crippen LogP contribution in [0.1, 0.15) is 77.0 Å². The summed E-state index contributed by atoms with van der Waals surface area (Å²) < 4.78 is 144. The maximum atomic E-state index is 7.99. The van der Waals surface area contributed by atoms with E-state index in [4.69, 9.17) is 143 Å². The van der Waals surface area contributed by atoms with Crippen LogP contribution in [0.3, 0.4) is 0 Å². The third-order valence-corrected chi connectivity index (χ3v) is 70.2. The molecule has 6 aliphatic heterocycles. The topological polar surface area (TPSA) is 478 Å². The number of nitrogens with two attached hydrogens (primary N) is 12. The molecule has 0 atom stereocenters. The first-order valence-electron chi connectivity index (χ1n) is 28.5. The highest BCUT2D eigenvalue weighted by molar-refractivity contribution is 7.04. The minimum Gasteiger partial charge on any atom is -0.373 e. The minimum absolute atomic E-state index is 0.0838. The molecule has 78 heavy (non-hydrogen) atoms. The second kappa shape index (κ2) is 28.9. The molecule has 0 unspecified atom stereocenters. The van der Waals surface area contributed by atoms with Crippen molar-refractivity contribution in [3.8, 4) is 0 Å². The van der Waals surface area contributed by atoms with Gasteiger partial charge in [0.05, 0.1) is 0 Å². The predicted molar refractivity (Wildman–Crippen MR) is 310 cm³/mol. The third kappa shape index (κ3) is 15.7. The lowest BCUT2D eigenvalue weighted by Gasteiger charge is -2.63. The fourth-order valence-corrected chi connectivity index (χ4v) is 86.6. The van der Waals surface area contributed by atoms with E-state index in [1.54, 1.807) is 0 Å². The summed E-state index contributed by atoms with van der Waals surface area (Å²) in [6, 6.07) is 1.01. The van der Waals surface area contributed by atoms with Gasteiger partial charge in [-0.3, -0.25) is 0 Å². The average molecular weight is 1320 g/mol. The van der Waals surface area contributed by atoms with Crippen LogP contribution in [0.5, 0.6) is 0 Å². The van der Waals surface area contributed by atoms with E-state index in [0.29, 0.717) is 77.0 Å². The van der Waals surface area contributed by atoms with E-state index >= 15 is 0 Å². The first kappa shape index (κ1) is 66.9. The van der Waals surface area contributed by atoms with Crippen molar-refractivity contribution in [2.75, 3.05) is 78.5 Å². The Morgan fingerprint density at radius 1 is 0.128 bits per heavy atom. The van der Waals surface area contributed by atoms with Crippen LogP contribution in [-0.4, -0.2) is 184 Å². The van der Waals surface area contributed by atoms with Gasteiger partial charge in [0.25, 0.3) is 0 Å². The zero-order valence-electron chi connectivity index (χ0n) is 45.7. The molecule has 24 N–H and O–H groups in total. The Morgan fingerprint density at radius 3 is 0.244 bits per heavy atom. The molecule has 0 radical (unpaired) electrons. The van der Waals surface area contributed by atoms with E-state index in [1.165, 1.54) is 0 Å². The number of fused-ring (bicyclic) bond motifs is 12. The van der Waals surface area contributed by atoms with Crippen LogP contribution in [0.15, 0.2) is 0 Å². The summed E-state index contributed by atoms with van der Waals surface area (Å²) in [6.45, 7) is 2.37. The van der Waals surface area contributed by atoms with Crippen molar-refractivity contribution in [2.45, 2.75) is 150 Å². The molecule has 6 heterocycles. The Morgan fingerprint density at radius 2 is 0.192 bits per heavy atom. The summed E-state index contributed by atoms with van der Waals surface area (Å²) in [5, 5.41) is 0. The summed E-state index contributed by atoms with van der Waals surface area (Å²) in [5.74, 6) is 0. The fourth-order valence-electron chi connectivity index (χ4n) is 10.7. The minimum atomic E-state index is -4.63. The number of rotatable bonds is 36. The van der Waals surface area contributed by atoms with Crippen molar-refractivity contribution in [1.29, 1.82) is 0 Å². The summed E-state index contributed by atoms with van der Waals surface area (Å²) in [4.78, 5) is 0. The first-order valence-corrected chi connectivity index (χ1v) is 51.7. The zero-order valence-corrected chi connectivity index (χ0v) is 57.7. The average Bonchev–Trinajstić information content (AvgIpc) is 3.51. The van der Waals surface area contributed by atoms with E-state index in [2.05, 4.69) is 0 Å². The molecular weight excluding hydrogens is 1230 g/mol. The molecule has 0 saturated carbocycles. The quantitative estimate of drug-likeness (QED) is 0.0297. The predicted octanol–water partition coefficient (Wildman–Crippen LogP) is -2.17. The van der Waals surface area contributed by atoms with Gasteiger partial charge in [0.2, 0.25) is 0 Å². The summed E-state index contributed by atoms with van der Waals surface area (Å²) in [5.41, 5.74) is 77.9. The van der Waals surface area contributed by atoms with E-state index < -0.39 is 106 Å². The molecule has 30 nitrogen and oxygen atoms in total. The number of hydrogen-bond acceptors (Lipinski definition) is 30. The van der Waals surface area contributed by atoms with Crippen molar-refractivity contribution < 1.29 is 74.1 Å². The molecule has 0 aromatic rings. The van der Waals surface area contributed by atoms with Crippen molar-refractivity contribution in [1.82, 2.24) is 0 Å². The van der Waals surface area contributed by atoms with Crippen molar-refractivity contribution in [2.24, 2.45) is 68.8 Å². The van der Waals surface area contributed by atoms with Crippen LogP contribution in [-0.2, 0) is 74.1 Å². The maximum absolute atomic E-state index is 7.99. The van der Waals surface area contributed by atoms with Gasteiger partial charge >= 0.3 is 106 Å². The van der Waals surface area contributed by atoms with Gasteiger partial charge in [-0.15, -0.1) is 0 Å². The molecule has 0 aromatic heterocycles. The zero-order chi connectivity index (χ0) is 56.2. The SMILES string of the molecule is NCCC[Si]12O[Si]3(CCCN)O[Si]4(CCCN)O[Si](CCCN)(O1)O[Si]1(CCCN)O[Si](CCCN)(O4)O[Si]4(CCCN)O[Si](CCCN)(O1)O[Si]1(CCCN)O[Si](CCCN)(O[Si](CCCN)(O[Si](CCCN)(O2)O1)O3)O4. The molecule has 0 aromatic carbocycles. The van der Waals surface area contributed by atoms with Gasteiger partial charge in [-0.25, -0.2) is 0 Å². The van der Waals surface area contributed by atoms with Crippen molar-refractivity contribution in [3.63, 3.8) is 0 Å². The van der Waals surface area contributed by atoms with Crippen molar-refractivity contribution in [3.05, 3.63) is 0 Å². The van der Waals surface area contributed by atoms with E-state index in [1.807, 2.05) is 0 Å². The second-order valence-corrected chi connectivity index (χ2v) is 57.8. The van der Waals surface area contributed by atoms with Gasteiger partial charge in [0, 0.05) is 72.5 Å².